The van der Waals surface area contributed by atoms with E-state index in [0.717, 1.165) is 13.1 Å². The molecule has 0 spiro atoms. The molecule has 18 heavy (non-hydrogen) atoms. The highest BCUT2D eigenvalue weighted by Crippen LogP contribution is 2.12. The summed E-state index contributed by atoms with van der Waals surface area (Å²) in [6.45, 7) is 11.7. The Hall–Kier alpha value is -0.160. The maximum atomic E-state index is 3.55. The van der Waals surface area contributed by atoms with E-state index in [1.54, 1.807) is 0 Å². The normalized spacial score (nSPS) is 27.0. The first-order chi connectivity index (χ1) is 8.50. The van der Waals surface area contributed by atoms with Crippen molar-refractivity contribution in [2.75, 3.05) is 60.4 Å². The number of nitrogens with zero attached hydrogens (tertiary/aromatic N) is 3. The zero-order valence-electron chi connectivity index (χ0n) is 12.9. The Labute approximate surface area is 113 Å². The van der Waals surface area contributed by atoms with Crippen molar-refractivity contribution in [1.29, 1.82) is 0 Å². The molecule has 1 aliphatic rings. The molecule has 1 saturated heterocycles. The lowest BCUT2D eigenvalue weighted by molar-refractivity contribution is 0.0608. The zero-order valence-corrected chi connectivity index (χ0v) is 12.9. The number of hydrogen-bond donors (Lipinski definition) is 1. The van der Waals surface area contributed by atoms with E-state index in [1.807, 2.05) is 0 Å². The number of nitrogens with one attached hydrogen (secondary N) is 1. The van der Waals surface area contributed by atoms with Crippen LogP contribution in [0.1, 0.15) is 20.3 Å². The molecule has 0 saturated carbocycles. The van der Waals surface area contributed by atoms with Crippen LogP contribution in [-0.4, -0.2) is 87.2 Å². The summed E-state index contributed by atoms with van der Waals surface area (Å²) in [6, 6.07) is 1.37. The fourth-order valence-electron chi connectivity index (χ4n) is 2.58. The first-order valence-electron chi connectivity index (χ1n) is 7.30. The minimum Gasteiger partial charge on any atom is -0.315 e. The monoisotopic (exact) mass is 256 g/mol. The summed E-state index contributed by atoms with van der Waals surface area (Å²) in [5.41, 5.74) is 0. The van der Waals surface area contributed by atoms with Gasteiger partial charge in [-0.15, -0.1) is 0 Å². The molecule has 4 nitrogen and oxygen atoms in total. The van der Waals surface area contributed by atoms with E-state index in [9.17, 15) is 0 Å². The molecule has 0 bridgehead atoms. The lowest BCUT2D eigenvalue weighted by Crippen LogP contribution is -2.55. The van der Waals surface area contributed by atoms with E-state index in [2.05, 4.69) is 55.0 Å². The van der Waals surface area contributed by atoms with Crippen LogP contribution in [0, 0.1) is 0 Å². The zero-order chi connectivity index (χ0) is 13.5. The largest absolute Gasteiger partial charge is 0.315 e. The van der Waals surface area contributed by atoms with E-state index in [4.69, 9.17) is 0 Å². The first-order valence-corrected chi connectivity index (χ1v) is 7.30. The highest BCUT2D eigenvalue weighted by molar-refractivity contribution is 4.82. The Kier molecular flexibility index (Phi) is 7.15. The fourth-order valence-corrected chi connectivity index (χ4v) is 2.58. The quantitative estimate of drug-likeness (QED) is 0.672. The molecule has 0 aliphatic carbocycles. The molecule has 0 radical (unpaired) electrons. The molecule has 1 aliphatic heterocycles. The van der Waals surface area contributed by atoms with Gasteiger partial charge in [-0.2, -0.15) is 0 Å². The van der Waals surface area contributed by atoms with Gasteiger partial charge in [0.25, 0.3) is 0 Å². The Morgan fingerprint density at radius 1 is 1.11 bits per heavy atom. The van der Waals surface area contributed by atoms with Crippen molar-refractivity contribution >= 4 is 0 Å². The van der Waals surface area contributed by atoms with Crippen LogP contribution in [-0.2, 0) is 0 Å². The second-order valence-electron chi connectivity index (χ2n) is 6.03. The number of piperazine rings is 1. The summed E-state index contributed by atoms with van der Waals surface area (Å²) in [7, 11) is 6.51. The number of likely N-dealkylation sites (N-methyl/N-ethyl adjacent to an activating group) is 1. The van der Waals surface area contributed by atoms with E-state index in [-0.39, 0.29) is 0 Å². The third-order valence-electron chi connectivity index (χ3n) is 4.00. The molecule has 108 valence electrons. The maximum absolute atomic E-state index is 3.55. The lowest BCUT2D eigenvalue weighted by atomic mass is 10.1. The van der Waals surface area contributed by atoms with E-state index in [1.165, 1.54) is 32.6 Å². The fraction of sp³-hybridized carbons (Fsp3) is 1.00. The van der Waals surface area contributed by atoms with Gasteiger partial charge in [0.2, 0.25) is 0 Å². The Morgan fingerprint density at radius 2 is 1.72 bits per heavy atom. The van der Waals surface area contributed by atoms with E-state index < -0.39 is 0 Å². The minimum atomic E-state index is 0.683. The third-order valence-corrected chi connectivity index (χ3v) is 4.00. The van der Waals surface area contributed by atoms with Crippen molar-refractivity contribution in [3.63, 3.8) is 0 Å². The summed E-state index contributed by atoms with van der Waals surface area (Å²) < 4.78 is 0. The molecule has 0 amide bonds. The second kappa shape index (κ2) is 8.10. The highest BCUT2D eigenvalue weighted by atomic mass is 15.3. The average molecular weight is 256 g/mol. The molecule has 4 heteroatoms. The molecule has 2 unspecified atom stereocenters. The van der Waals surface area contributed by atoms with Crippen molar-refractivity contribution < 1.29 is 0 Å². The third kappa shape index (κ3) is 5.65. The van der Waals surface area contributed by atoms with Gasteiger partial charge < -0.3 is 10.2 Å². The summed E-state index contributed by atoms with van der Waals surface area (Å²) >= 11 is 0. The van der Waals surface area contributed by atoms with Gasteiger partial charge in [0.15, 0.2) is 0 Å². The van der Waals surface area contributed by atoms with Crippen LogP contribution >= 0.6 is 0 Å². The standard InChI is InChI=1S/C14H32N4/c1-13-11-18(12-14(2)17(13)5)10-8-15-7-6-9-16(3)4/h13-15H,6-12H2,1-5H3. The van der Waals surface area contributed by atoms with Gasteiger partial charge in [-0.3, -0.25) is 9.80 Å². The first kappa shape index (κ1) is 15.9. The Bertz CT molecular complexity index is 208. The number of hydrogen-bond acceptors (Lipinski definition) is 4. The number of rotatable bonds is 7. The second-order valence-corrected chi connectivity index (χ2v) is 6.03. The summed E-state index contributed by atoms with van der Waals surface area (Å²) in [6.07, 6.45) is 1.24. The van der Waals surface area contributed by atoms with Gasteiger partial charge in [0.05, 0.1) is 0 Å². The molecular formula is C14H32N4. The van der Waals surface area contributed by atoms with Crippen molar-refractivity contribution in [2.45, 2.75) is 32.4 Å². The smallest absolute Gasteiger partial charge is 0.0195 e. The highest BCUT2D eigenvalue weighted by Gasteiger charge is 2.25. The van der Waals surface area contributed by atoms with Crippen LogP contribution in [0.2, 0.25) is 0 Å². The van der Waals surface area contributed by atoms with Crippen molar-refractivity contribution in [3.05, 3.63) is 0 Å². The van der Waals surface area contributed by atoms with Gasteiger partial charge in [-0.1, -0.05) is 0 Å². The van der Waals surface area contributed by atoms with E-state index >= 15 is 0 Å². The lowest BCUT2D eigenvalue weighted by Gasteiger charge is -2.42. The molecular weight excluding hydrogens is 224 g/mol. The van der Waals surface area contributed by atoms with Gasteiger partial charge in [-0.05, 0) is 54.5 Å². The van der Waals surface area contributed by atoms with Gasteiger partial charge >= 0.3 is 0 Å². The molecule has 1 rings (SSSR count). The summed E-state index contributed by atoms with van der Waals surface area (Å²) in [5, 5.41) is 3.55. The van der Waals surface area contributed by atoms with Gasteiger partial charge in [0.1, 0.15) is 0 Å². The Morgan fingerprint density at radius 3 is 2.28 bits per heavy atom. The van der Waals surface area contributed by atoms with Crippen LogP contribution in [0.25, 0.3) is 0 Å². The van der Waals surface area contributed by atoms with Gasteiger partial charge in [-0.25, -0.2) is 0 Å². The predicted octanol–water partition coefficient (Wildman–Crippen LogP) is 0.552. The summed E-state index contributed by atoms with van der Waals surface area (Å²) in [5.74, 6) is 0. The molecule has 2 atom stereocenters. The SMILES string of the molecule is CC1CN(CCNCCCN(C)C)CC(C)N1C. The molecule has 1 heterocycles. The van der Waals surface area contributed by atoms with Crippen molar-refractivity contribution in [3.8, 4) is 0 Å². The van der Waals surface area contributed by atoms with Gasteiger partial charge in [0, 0.05) is 38.3 Å². The van der Waals surface area contributed by atoms with Crippen LogP contribution < -0.4 is 5.32 Å². The topological polar surface area (TPSA) is 21.8 Å². The van der Waals surface area contributed by atoms with Crippen molar-refractivity contribution in [1.82, 2.24) is 20.0 Å². The molecule has 0 aromatic rings. The van der Waals surface area contributed by atoms with E-state index in [0.29, 0.717) is 12.1 Å². The van der Waals surface area contributed by atoms with Crippen molar-refractivity contribution in [2.24, 2.45) is 0 Å². The van der Waals surface area contributed by atoms with Crippen LogP contribution in [0.3, 0.4) is 0 Å². The minimum absolute atomic E-state index is 0.683. The molecule has 0 aromatic carbocycles. The molecule has 0 aromatic heterocycles. The van der Waals surface area contributed by atoms with Crippen LogP contribution in [0.4, 0.5) is 0 Å². The maximum Gasteiger partial charge on any atom is 0.0195 e. The van der Waals surface area contributed by atoms with Crippen LogP contribution in [0.15, 0.2) is 0 Å². The summed E-state index contributed by atoms with van der Waals surface area (Å²) in [4.78, 5) is 7.32. The Balaban J connectivity index is 2.06. The average Bonchev–Trinajstić information content (AvgIpc) is 2.30. The predicted molar refractivity (Wildman–Crippen MR) is 79.2 cm³/mol. The molecule has 1 N–H and O–H groups in total. The van der Waals surface area contributed by atoms with Crippen LogP contribution in [0.5, 0.6) is 0 Å². The molecule has 1 fully saturated rings.